The van der Waals surface area contributed by atoms with Crippen LogP contribution in [0.1, 0.15) is 16.1 Å². The molecule has 132 valence electrons. The molecule has 1 fully saturated rings. The van der Waals surface area contributed by atoms with E-state index < -0.39 is 0 Å². The summed E-state index contributed by atoms with van der Waals surface area (Å²) in [6, 6.07) is 9.22. The SMILES string of the molecule is Cc1nc(N)nc(N)c1N1CCN(CNC(=O)c2ccccc2)CC1. The van der Waals surface area contributed by atoms with Gasteiger partial charge in [0.05, 0.1) is 12.4 Å². The van der Waals surface area contributed by atoms with E-state index in [1.165, 1.54) is 0 Å². The summed E-state index contributed by atoms with van der Waals surface area (Å²) in [4.78, 5) is 24.7. The predicted molar refractivity (Wildman–Crippen MR) is 98.2 cm³/mol. The third kappa shape index (κ3) is 3.97. The van der Waals surface area contributed by atoms with E-state index in [2.05, 4.69) is 25.1 Å². The van der Waals surface area contributed by atoms with E-state index in [9.17, 15) is 4.79 Å². The second-order valence-corrected chi connectivity index (χ2v) is 6.04. The fourth-order valence-electron chi connectivity index (χ4n) is 3.01. The van der Waals surface area contributed by atoms with E-state index in [1.54, 1.807) is 12.1 Å². The van der Waals surface area contributed by atoms with Crippen molar-refractivity contribution in [3.8, 4) is 0 Å². The molecule has 0 bridgehead atoms. The summed E-state index contributed by atoms with van der Waals surface area (Å²) in [5.41, 5.74) is 13.9. The summed E-state index contributed by atoms with van der Waals surface area (Å²) in [5.74, 6) is 0.548. The van der Waals surface area contributed by atoms with Crippen molar-refractivity contribution in [2.24, 2.45) is 0 Å². The summed E-state index contributed by atoms with van der Waals surface area (Å²) in [6.07, 6.45) is 0. The van der Waals surface area contributed by atoms with Gasteiger partial charge in [-0.3, -0.25) is 9.69 Å². The number of hydrogen-bond donors (Lipinski definition) is 3. The van der Waals surface area contributed by atoms with Crippen LogP contribution in [-0.2, 0) is 0 Å². The summed E-state index contributed by atoms with van der Waals surface area (Å²) >= 11 is 0. The lowest BCUT2D eigenvalue weighted by atomic mass is 10.2. The van der Waals surface area contributed by atoms with Crippen LogP contribution in [-0.4, -0.2) is 53.6 Å². The van der Waals surface area contributed by atoms with Gasteiger partial charge in [0.2, 0.25) is 5.95 Å². The molecule has 1 aliphatic heterocycles. The van der Waals surface area contributed by atoms with E-state index in [-0.39, 0.29) is 11.9 Å². The number of nitrogens with one attached hydrogen (secondary N) is 1. The number of hydrogen-bond acceptors (Lipinski definition) is 7. The fourth-order valence-corrected chi connectivity index (χ4v) is 3.01. The number of piperazine rings is 1. The molecule has 3 rings (SSSR count). The minimum Gasteiger partial charge on any atom is -0.382 e. The Hall–Kier alpha value is -2.87. The van der Waals surface area contributed by atoms with Gasteiger partial charge in [0.25, 0.3) is 5.91 Å². The molecule has 1 aromatic carbocycles. The van der Waals surface area contributed by atoms with E-state index >= 15 is 0 Å². The van der Waals surface area contributed by atoms with Crippen LogP contribution in [0.4, 0.5) is 17.5 Å². The summed E-state index contributed by atoms with van der Waals surface area (Å²) < 4.78 is 0. The van der Waals surface area contributed by atoms with Crippen molar-refractivity contribution < 1.29 is 4.79 Å². The lowest BCUT2D eigenvalue weighted by Gasteiger charge is -2.36. The van der Waals surface area contributed by atoms with Crippen molar-refractivity contribution in [3.05, 3.63) is 41.6 Å². The number of anilines is 3. The Morgan fingerprint density at radius 2 is 1.80 bits per heavy atom. The molecule has 0 radical (unpaired) electrons. The number of amides is 1. The van der Waals surface area contributed by atoms with Crippen LogP contribution in [0.25, 0.3) is 0 Å². The van der Waals surface area contributed by atoms with E-state index in [4.69, 9.17) is 11.5 Å². The van der Waals surface area contributed by atoms with Gasteiger partial charge >= 0.3 is 0 Å². The highest BCUT2D eigenvalue weighted by molar-refractivity contribution is 5.94. The van der Waals surface area contributed by atoms with Crippen molar-refractivity contribution in [2.75, 3.05) is 49.2 Å². The largest absolute Gasteiger partial charge is 0.382 e. The molecule has 1 aromatic heterocycles. The van der Waals surface area contributed by atoms with Crippen molar-refractivity contribution in [2.45, 2.75) is 6.92 Å². The van der Waals surface area contributed by atoms with E-state index in [0.29, 0.717) is 18.1 Å². The van der Waals surface area contributed by atoms with E-state index in [0.717, 1.165) is 37.6 Å². The van der Waals surface area contributed by atoms with Crippen molar-refractivity contribution >= 4 is 23.4 Å². The van der Waals surface area contributed by atoms with Gasteiger partial charge < -0.3 is 21.7 Å². The number of aryl methyl sites for hydroxylation is 1. The highest BCUT2D eigenvalue weighted by Crippen LogP contribution is 2.26. The number of nitrogens with two attached hydrogens (primary N) is 2. The Balaban J connectivity index is 1.53. The third-order valence-electron chi connectivity index (χ3n) is 4.29. The molecule has 2 heterocycles. The van der Waals surface area contributed by atoms with Crippen molar-refractivity contribution in [1.29, 1.82) is 0 Å². The molecule has 2 aromatic rings. The number of nitrogens with zero attached hydrogens (tertiary/aromatic N) is 4. The first-order chi connectivity index (χ1) is 12.0. The predicted octanol–water partition coefficient (Wildman–Crippen LogP) is 0.459. The average Bonchev–Trinajstić information content (AvgIpc) is 2.60. The van der Waals surface area contributed by atoms with Gasteiger partial charge in [-0.05, 0) is 19.1 Å². The molecule has 8 nitrogen and oxygen atoms in total. The molecule has 0 aliphatic carbocycles. The third-order valence-corrected chi connectivity index (χ3v) is 4.29. The Morgan fingerprint density at radius 1 is 1.12 bits per heavy atom. The summed E-state index contributed by atoms with van der Waals surface area (Å²) in [5, 5.41) is 2.96. The zero-order valence-corrected chi connectivity index (χ0v) is 14.3. The normalized spacial score (nSPS) is 15.2. The Kier molecular flexibility index (Phi) is 4.99. The van der Waals surface area contributed by atoms with Crippen LogP contribution in [0, 0.1) is 6.92 Å². The Labute approximate surface area is 146 Å². The monoisotopic (exact) mass is 341 g/mol. The standard InChI is InChI=1S/C17H23N7O/c1-12-14(15(18)22-17(19)21-12)24-9-7-23(8-10-24)11-20-16(25)13-5-3-2-4-6-13/h2-6H,7-11H2,1H3,(H,20,25)(H4,18,19,21,22). The van der Waals surface area contributed by atoms with Crippen LogP contribution in [0.15, 0.2) is 30.3 Å². The molecular weight excluding hydrogens is 318 g/mol. The average molecular weight is 341 g/mol. The second kappa shape index (κ2) is 7.35. The molecular formula is C17H23N7O. The minimum absolute atomic E-state index is 0.0601. The molecule has 0 atom stereocenters. The van der Waals surface area contributed by atoms with Gasteiger partial charge in [-0.25, -0.2) is 4.98 Å². The van der Waals surface area contributed by atoms with Crippen LogP contribution in [0.3, 0.4) is 0 Å². The van der Waals surface area contributed by atoms with Crippen molar-refractivity contribution in [1.82, 2.24) is 20.2 Å². The van der Waals surface area contributed by atoms with Crippen molar-refractivity contribution in [3.63, 3.8) is 0 Å². The molecule has 8 heteroatoms. The van der Waals surface area contributed by atoms with Crippen LogP contribution in [0.2, 0.25) is 0 Å². The molecule has 1 saturated heterocycles. The maximum atomic E-state index is 12.1. The second-order valence-electron chi connectivity index (χ2n) is 6.04. The Morgan fingerprint density at radius 3 is 2.44 bits per heavy atom. The highest BCUT2D eigenvalue weighted by atomic mass is 16.1. The molecule has 1 amide bonds. The smallest absolute Gasteiger partial charge is 0.252 e. The zero-order chi connectivity index (χ0) is 17.8. The topological polar surface area (TPSA) is 113 Å². The lowest BCUT2D eigenvalue weighted by molar-refractivity contribution is 0.0920. The quantitative estimate of drug-likeness (QED) is 0.740. The van der Waals surface area contributed by atoms with Gasteiger partial charge in [0.15, 0.2) is 5.82 Å². The van der Waals surface area contributed by atoms with Gasteiger partial charge in [0, 0.05) is 31.7 Å². The van der Waals surface area contributed by atoms with Crippen LogP contribution in [0.5, 0.6) is 0 Å². The van der Waals surface area contributed by atoms with Gasteiger partial charge in [-0.1, -0.05) is 18.2 Å². The first-order valence-electron chi connectivity index (χ1n) is 8.24. The first-order valence-corrected chi connectivity index (χ1v) is 8.24. The number of benzene rings is 1. The fraction of sp³-hybridized carbons (Fsp3) is 0.353. The maximum Gasteiger partial charge on any atom is 0.252 e. The molecule has 0 saturated carbocycles. The molecule has 5 N–H and O–H groups in total. The first kappa shape index (κ1) is 17.0. The van der Waals surface area contributed by atoms with Gasteiger partial charge in [-0.15, -0.1) is 0 Å². The van der Waals surface area contributed by atoms with Crippen LogP contribution < -0.4 is 21.7 Å². The minimum atomic E-state index is -0.0601. The van der Waals surface area contributed by atoms with Crippen LogP contribution >= 0.6 is 0 Å². The zero-order valence-electron chi connectivity index (χ0n) is 14.3. The molecule has 0 unspecified atom stereocenters. The molecule has 1 aliphatic rings. The highest BCUT2D eigenvalue weighted by Gasteiger charge is 2.22. The van der Waals surface area contributed by atoms with Gasteiger partial charge in [-0.2, -0.15) is 4.98 Å². The Bertz CT molecular complexity index is 719. The van der Waals surface area contributed by atoms with E-state index in [1.807, 2.05) is 25.1 Å². The number of rotatable bonds is 4. The number of carbonyl (C=O) groups excluding carboxylic acids is 1. The maximum absolute atomic E-state index is 12.1. The summed E-state index contributed by atoms with van der Waals surface area (Å²) in [7, 11) is 0. The lowest BCUT2D eigenvalue weighted by Crippen LogP contribution is -2.50. The number of carbonyl (C=O) groups is 1. The number of aromatic nitrogens is 2. The summed E-state index contributed by atoms with van der Waals surface area (Å²) in [6.45, 7) is 5.63. The number of nitrogen functional groups attached to an aromatic ring is 2. The molecule has 0 spiro atoms. The van der Waals surface area contributed by atoms with Gasteiger partial charge in [0.1, 0.15) is 5.69 Å². The molecule has 25 heavy (non-hydrogen) atoms.